The van der Waals surface area contributed by atoms with Crippen molar-refractivity contribution in [2.45, 2.75) is 13.0 Å². The third-order valence-corrected chi connectivity index (χ3v) is 2.27. The van der Waals surface area contributed by atoms with Crippen LogP contribution in [0.2, 0.25) is 0 Å². The fourth-order valence-corrected chi connectivity index (χ4v) is 1.34. The van der Waals surface area contributed by atoms with Crippen LogP contribution in [0.1, 0.15) is 27.6 Å². The number of anilines is 1. The summed E-state index contributed by atoms with van der Waals surface area (Å²) in [5.41, 5.74) is 16.9. The molecule has 0 saturated heterocycles. The highest BCUT2D eigenvalue weighted by Gasteiger charge is 2.10. The zero-order valence-corrected chi connectivity index (χ0v) is 9.57. The second kappa shape index (κ2) is 5.31. The molecule has 0 radical (unpaired) electrons. The van der Waals surface area contributed by atoms with E-state index in [9.17, 15) is 9.59 Å². The topological polar surface area (TPSA) is 124 Å². The van der Waals surface area contributed by atoms with Crippen molar-refractivity contribution in [3.8, 4) is 0 Å². The first kappa shape index (κ1) is 13.0. The Hall–Kier alpha value is -2.08. The third-order valence-electron chi connectivity index (χ3n) is 2.27. The van der Waals surface area contributed by atoms with E-state index < -0.39 is 11.8 Å². The van der Waals surface area contributed by atoms with Crippen LogP contribution in [0.25, 0.3) is 0 Å². The van der Waals surface area contributed by atoms with E-state index in [0.29, 0.717) is 12.2 Å². The molecule has 1 aromatic rings. The van der Waals surface area contributed by atoms with Crippen molar-refractivity contribution in [1.82, 2.24) is 0 Å². The van der Waals surface area contributed by atoms with E-state index in [-0.39, 0.29) is 17.2 Å². The highest BCUT2D eigenvalue weighted by Crippen LogP contribution is 2.15. The molecule has 0 saturated carbocycles. The molecule has 0 heterocycles. The Labute approximate surface area is 99.1 Å². The minimum Gasteiger partial charge on any atom is -0.381 e. The van der Waals surface area contributed by atoms with Gasteiger partial charge in [0.1, 0.15) is 0 Å². The van der Waals surface area contributed by atoms with Gasteiger partial charge in [-0.3, -0.25) is 9.59 Å². The first-order valence-corrected chi connectivity index (χ1v) is 5.15. The zero-order valence-electron chi connectivity index (χ0n) is 9.57. The summed E-state index contributed by atoms with van der Waals surface area (Å²) in [6, 6.07) is 4.49. The molecule has 1 unspecified atom stereocenters. The van der Waals surface area contributed by atoms with Crippen LogP contribution in [0, 0.1) is 0 Å². The van der Waals surface area contributed by atoms with Crippen LogP contribution in [-0.2, 0) is 0 Å². The van der Waals surface area contributed by atoms with Crippen molar-refractivity contribution in [3.63, 3.8) is 0 Å². The molecule has 0 aliphatic heterocycles. The average molecular weight is 236 g/mol. The summed E-state index contributed by atoms with van der Waals surface area (Å²) in [6.45, 7) is 2.30. The Bertz CT molecular complexity index is 413. The van der Waals surface area contributed by atoms with Gasteiger partial charge in [0.15, 0.2) is 0 Å². The van der Waals surface area contributed by atoms with Crippen molar-refractivity contribution in [3.05, 3.63) is 29.3 Å². The summed E-state index contributed by atoms with van der Waals surface area (Å²) in [6.07, 6.45) is 0. The molecule has 0 bridgehead atoms. The van der Waals surface area contributed by atoms with Gasteiger partial charge in [-0.25, -0.2) is 0 Å². The molecular weight excluding hydrogens is 220 g/mol. The Morgan fingerprint density at radius 1 is 1.18 bits per heavy atom. The van der Waals surface area contributed by atoms with Gasteiger partial charge in [0.05, 0.1) is 0 Å². The second-order valence-corrected chi connectivity index (χ2v) is 3.81. The van der Waals surface area contributed by atoms with Gasteiger partial charge in [-0.15, -0.1) is 0 Å². The van der Waals surface area contributed by atoms with Crippen molar-refractivity contribution < 1.29 is 9.59 Å². The Morgan fingerprint density at radius 2 is 1.65 bits per heavy atom. The van der Waals surface area contributed by atoms with Gasteiger partial charge in [-0.05, 0) is 25.1 Å². The van der Waals surface area contributed by atoms with Crippen molar-refractivity contribution in [1.29, 1.82) is 0 Å². The maximum absolute atomic E-state index is 11.1. The summed E-state index contributed by atoms with van der Waals surface area (Å²) in [4.78, 5) is 22.2. The number of carbonyl (C=O) groups is 2. The first-order valence-electron chi connectivity index (χ1n) is 5.15. The molecule has 0 aliphatic carbocycles. The number of rotatable bonds is 5. The molecule has 6 nitrogen and oxygen atoms in total. The molecule has 7 N–H and O–H groups in total. The molecule has 92 valence electrons. The lowest BCUT2D eigenvalue weighted by Crippen LogP contribution is -2.26. The fraction of sp³-hybridized carbons (Fsp3) is 0.273. The highest BCUT2D eigenvalue weighted by atomic mass is 16.1. The van der Waals surface area contributed by atoms with Crippen LogP contribution in [0.3, 0.4) is 0 Å². The molecule has 0 fully saturated rings. The normalized spacial score (nSPS) is 11.9. The minimum atomic E-state index is -0.614. The van der Waals surface area contributed by atoms with Crippen molar-refractivity contribution in [2.75, 3.05) is 11.9 Å². The predicted octanol–water partition coefficient (Wildman–Crippen LogP) is -0.356. The lowest BCUT2D eigenvalue weighted by atomic mass is 10.1. The number of carbonyl (C=O) groups excluding carboxylic acids is 2. The first-order chi connectivity index (χ1) is 7.93. The van der Waals surface area contributed by atoms with Gasteiger partial charge in [-0.2, -0.15) is 0 Å². The summed E-state index contributed by atoms with van der Waals surface area (Å²) in [5, 5.41) is 3.04. The van der Waals surface area contributed by atoms with Crippen LogP contribution in [0.15, 0.2) is 18.2 Å². The number of primary amides is 2. The molecule has 2 amide bonds. The van der Waals surface area contributed by atoms with E-state index >= 15 is 0 Å². The Morgan fingerprint density at radius 3 is 2.00 bits per heavy atom. The van der Waals surface area contributed by atoms with Gasteiger partial charge < -0.3 is 22.5 Å². The van der Waals surface area contributed by atoms with E-state index in [2.05, 4.69) is 5.32 Å². The van der Waals surface area contributed by atoms with Gasteiger partial charge in [0.2, 0.25) is 11.8 Å². The standard InChI is InChI=1S/C11H16N4O2/c1-6(5-12)15-9-3-7(10(13)16)2-8(4-9)11(14)17/h2-4,6,15H,5,12H2,1H3,(H2,13,16)(H2,14,17). The number of amides is 2. The molecular formula is C11H16N4O2. The zero-order chi connectivity index (χ0) is 13.0. The van der Waals surface area contributed by atoms with Gasteiger partial charge >= 0.3 is 0 Å². The summed E-state index contributed by atoms with van der Waals surface area (Å²) < 4.78 is 0. The largest absolute Gasteiger partial charge is 0.381 e. The van der Waals surface area contributed by atoms with Crippen LogP contribution in [-0.4, -0.2) is 24.4 Å². The number of hydrogen-bond acceptors (Lipinski definition) is 4. The van der Waals surface area contributed by atoms with Crippen LogP contribution < -0.4 is 22.5 Å². The van der Waals surface area contributed by atoms with E-state index in [1.165, 1.54) is 6.07 Å². The highest BCUT2D eigenvalue weighted by molar-refractivity contribution is 5.99. The number of nitrogens with two attached hydrogens (primary N) is 3. The number of benzene rings is 1. The summed E-state index contributed by atoms with van der Waals surface area (Å²) >= 11 is 0. The Balaban J connectivity index is 3.12. The lowest BCUT2D eigenvalue weighted by molar-refractivity contribution is 0.0999. The molecule has 1 rings (SSSR count). The Kier molecular flexibility index (Phi) is 4.06. The maximum Gasteiger partial charge on any atom is 0.248 e. The van der Waals surface area contributed by atoms with Crippen LogP contribution in [0.4, 0.5) is 5.69 Å². The second-order valence-electron chi connectivity index (χ2n) is 3.81. The van der Waals surface area contributed by atoms with Gasteiger partial charge in [0.25, 0.3) is 0 Å². The monoisotopic (exact) mass is 236 g/mol. The maximum atomic E-state index is 11.1. The van der Waals surface area contributed by atoms with E-state index in [0.717, 1.165) is 0 Å². The summed E-state index contributed by atoms with van der Waals surface area (Å²) in [5.74, 6) is -1.23. The molecule has 6 heteroatoms. The summed E-state index contributed by atoms with van der Waals surface area (Å²) in [7, 11) is 0. The third kappa shape index (κ3) is 3.46. The molecule has 1 aromatic carbocycles. The average Bonchev–Trinajstić information content (AvgIpc) is 2.28. The molecule has 1 atom stereocenters. The van der Waals surface area contributed by atoms with E-state index in [1.807, 2.05) is 6.92 Å². The fourth-order valence-electron chi connectivity index (χ4n) is 1.34. The minimum absolute atomic E-state index is 0.0128. The smallest absolute Gasteiger partial charge is 0.248 e. The molecule has 17 heavy (non-hydrogen) atoms. The predicted molar refractivity (Wildman–Crippen MR) is 65.6 cm³/mol. The quantitative estimate of drug-likeness (QED) is 0.557. The van der Waals surface area contributed by atoms with E-state index in [1.54, 1.807) is 12.1 Å². The van der Waals surface area contributed by atoms with Crippen LogP contribution in [0.5, 0.6) is 0 Å². The van der Waals surface area contributed by atoms with Crippen molar-refractivity contribution >= 4 is 17.5 Å². The van der Waals surface area contributed by atoms with Crippen molar-refractivity contribution in [2.24, 2.45) is 17.2 Å². The molecule has 0 aromatic heterocycles. The molecule has 0 aliphatic rings. The molecule has 0 spiro atoms. The number of nitrogens with one attached hydrogen (secondary N) is 1. The SMILES string of the molecule is CC(CN)Nc1cc(C(N)=O)cc(C(N)=O)c1. The number of hydrogen-bond donors (Lipinski definition) is 4. The van der Waals surface area contributed by atoms with Gasteiger partial charge in [0, 0.05) is 29.4 Å². The van der Waals surface area contributed by atoms with Gasteiger partial charge in [-0.1, -0.05) is 0 Å². The van der Waals surface area contributed by atoms with Crippen LogP contribution >= 0.6 is 0 Å². The lowest BCUT2D eigenvalue weighted by Gasteiger charge is -2.14. The van der Waals surface area contributed by atoms with E-state index in [4.69, 9.17) is 17.2 Å².